The second-order valence-corrected chi connectivity index (χ2v) is 4.42. The molecule has 2 rings (SSSR count). The van der Waals surface area contributed by atoms with Crippen LogP contribution in [0.5, 0.6) is 0 Å². The van der Waals surface area contributed by atoms with E-state index in [2.05, 4.69) is 5.32 Å². The van der Waals surface area contributed by atoms with Gasteiger partial charge in [0.25, 0.3) is 0 Å². The number of carbonyl (C=O) groups is 2. The van der Waals surface area contributed by atoms with Gasteiger partial charge in [-0.2, -0.15) is 0 Å². The molecule has 5 nitrogen and oxygen atoms in total. The Bertz CT molecular complexity index is 447. The molecule has 0 aliphatic carbocycles. The van der Waals surface area contributed by atoms with Gasteiger partial charge in [-0.25, -0.2) is 0 Å². The summed E-state index contributed by atoms with van der Waals surface area (Å²) >= 11 is 0. The predicted molar refractivity (Wildman–Crippen MR) is 66.0 cm³/mol. The fourth-order valence-corrected chi connectivity index (χ4v) is 2.22. The lowest BCUT2D eigenvalue weighted by atomic mass is 10.0. The lowest BCUT2D eigenvalue weighted by molar-refractivity contribution is -0.147. The van der Waals surface area contributed by atoms with Gasteiger partial charge < -0.3 is 10.4 Å². The maximum absolute atomic E-state index is 11.4. The van der Waals surface area contributed by atoms with Crippen molar-refractivity contribution >= 4 is 11.9 Å². The molecule has 1 fully saturated rings. The Morgan fingerprint density at radius 1 is 1.44 bits per heavy atom. The Morgan fingerprint density at radius 2 is 2.11 bits per heavy atom. The highest BCUT2D eigenvalue weighted by Gasteiger charge is 2.35. The van der Waals surface area contributed by atoms with E-state index < -0.39 is 12.0 Å². The molecule has 2 atom stereocenters. The van der Waals surface area contributed by atoms with Crippen molar-refractivity contribution in [3.63, 3.8) is 0 Å². The van der Waals surface area contributed by atoms with Crippen LogP contribution in [0.3, 0.4) is 0 Å². The Hall–Kier alpha value is -1.88. The average Bonchev–Trinajstić information content (AvgIpc) is 2.38. The second kappa shape index (κ2) is 5.18. The second-order valence-electron chi connectivity index (χ2n) is 4.42. The topological polar surface area (TPSA) is 69.6 Å². The number of amides is 1. The Morgan fingerprint density at radius 3 is 2.72 bits per heavy atom. The quantitative estimate of drug-likeness (QED) is 0.823. The molecule has 1 heterocycles. The smallest absolute Gasteiger partial charge is 0.322 e. The molecule has 0 saturated carbocycles. The summed E-state index contributed by atoms with van der Waals surface area (Å²) in [6, 6.07) is 8.84. The minimum Gasteiger partial charge on any atom is -0.480 e. The van der Waals surface area contributed by atoms with E-state index in [9.17, 15) is 14.7 Å². The summed E-state index contributed by atoms with van der Waals surface area (Å²) < 4.78 is 0. The van der Waals surface area contributed by atoms with Crippen LogP contribution in [0.1, 0.15) is 18.5 Å². The maximum atomic E-state index is 11.4. The molecular weight excluding hydrogens is 232 g/mol. The van der Waals surface area contributed by atoms with E-state index in [-0.39, 0.29) is 25.0 Å². The first-order valence-electron chi connectivity index (χ1n) is 5.90. The molecule has 2 unspecified atom stereocenters. The van der Waals surface area contributed by atoms with Crippen LogP contribution < -0.4 is 5.32 Å². The number of carboxylic acids is 1. The Labute approximate surface area is 105 Å². The van der Waals surface area contributed by atoms with Crippen molar-refractivity contribution in [2.75, 3.05) is 13.1 Å². The molecule has 0 spiro atoms. The summed E-state index contributed by atoms with van der Waals surface area (Å²) in [4.78, 5) is 24.4. The first-order chi connectivity index (χ1) is 8.59. The number of rotatable bonds is 3. The van der Waals surface area contributed by atoms with Crippen molar-refractivity contribution < 1.29 is 14.7 Å². The zero-order valence-electron chi connectivity index (χ0n) is 10.2. The predicted octanol–water partition coefficient (Wildman–Crippen LogP) is 0.633. The van der Waals surface area contributed by atoms with Gasteiger partial charge >= 0.3 is 5.97 Å². The van der Waals surface area contributed by atoms with E-state index in [1.54, 1.807) is 4.90 Å². The van der Waals surface area contributed by atoms with Gasteiger partial charge in [-0.1, -0.05) is 30.3 Å². The fourth-order valence-electron chi connectivity index (χ4n) is 2.22. The van der Waals surface area contributed by atoms with E-state index >= 15 is 0 Å². The number of carboxylic acid groups (broad SMARTS) is 1. The van der Waals surface area contributed by atoms with E-state index in [1.807, 2.05) is 37.3 Å². The third-order valence-corrected chi connectivity index (χ3v) is 3.28. The van der Waals surface area contributed by atoms with Crippen molar-refractivity contribution in [2.45, 2.75) is 19.0 Å². The number of nitrogens with one attached hydrogen (secondary N) is 1. The number of benzene rings is 1. The zero-order valence-corrected chi connectivity index (χ0v) is 10.2. The molecule has 1 aromatic rings. The maximum Gasteiger partial charge on any atom is 0.322 e. The van der Waals surface area contributed by atoms with Gasteiger partial charge in [-0.05, 0) is 12.5 Å². The van der Waals surface area contributed by atoms with Gasteiger partial charge in [0.1, 0.15) is 6.04 Å². The first-order valence-corrected chi connectivity index (χ1v) is 5.90. The van der Waals surface area contributed by atoms with Gasteiger partial charge in [-0.15, -0.1) is 0 Å². The Balaban J connectivity index is 2.22. The van der Waals surface area contributed by atoms with Crippen molar-refractivity contribution in [2.24, 2.45) is 0 Å². The zero-order chi connectivity index (χ0) is 13.1. The van der Waals surface area contributed by atoms with Crippen molar-refractivity contribution in [3.8, 4) is 0 Å². The number of nitrogens with zero attached hydrogens (tertiary/aromatic N) is 1. The third kappa shape index (κ3) is 2.51. The molecule has 0 bridgehead atoms. The molecule has 1 saturated heterocycles. The van der Waals surface area contributed by atoms with Crippen LogP contribution in [0.15, 0.2) is 30.3 Å². The minimum atomic E-state index is -0.905. The van der Waals surface area contributed by atoms with Crippen LogP contribution in [0.25, 0.3) is 0 Å². The number of piperazine rings is 1. The van der Waals surface area contributed by atoms with Crippen LogP contribution in [-0.4, -0.2) is 41.0 Å². The summed E-state index contributed by atoms with van der Waals surface area (Å²) in [6.45, 7) is 2.20. The monoisotopic (exact) mass is 248 g/mol. The average molecular weight is 248 g/mol. The molecular formula is C13H16N2O3. The van der Waals surface area contributed by atoms with Crippen LogP contribution in [0, 0.1) is 0 Å². The molecule has 2 N–H and O–H groups in total. The Kier molecular flexibility index (Phi) is 3.62. The minimum absolute atomic E-state index is 0.0988. The highest BCUT2D eigenvalue weighted by molar-refractivity contribution is 5.83. The molecule has 5 heteroatoms. The molecule has 18 heavy (non-hydrogen) atoms. The molecule has 1 aromatic carbocycles. The summed E-state index contributed by atoms with van der Waals surface area (Å²) in [5.41, 5.74) is 1.01. The van der Waals surface area contributed by atoms with Crippen molar-refractivity contribution in [1.29, 1.82) is 0 Å². The summed E-state index contributed by atoms with van der Waals surface area (Å²) in [6.07, 6.45) is 0. The van der Waals surface area contributed by atoms with Crippen molar-refractivity contribution in [1.82, 2.24) is 10.2 Å². The van der Waals surface area contributed by atoms with E-state index in [4.69, 9.17) is 0 Å². The first kappa shape index (κ1) is 12.6. The van der Waals surface area contributed by atoms with Gasteiger partial charge in [0.2, 0.25) is 5.91 Å². The summed E-state index contributed by atoms with van der Waals surface area (Å²) in [7, 11) is 0. The number of hydrogen-bond acceptors (Lipinski definition) is 3. The van der Waals surface area contributed by atoms with Crippen LogP contribution in [0.4, 0.5) is 0 Å². The molecule has 1 aliphatic rings. The van der Waals surface area contributed by atoms with Gasteiger partial charge in [-0.3, -0.25) is 14.5 Å². The lowest BCUT2D eigenvalue weighted by Crippen LogP contribution is -2.57. The lowest BCUT2D eigenvalue weighted by Gasteiger charge is -2.37. The van der Waals surface area contributed by atoms with Crippen LogP contribution in [-0.2, 0) is 9.59 Å². The van der Waals surface area contributed by atoms with Crippen molar-refractivity contribution in [3.05, 3.63) is 35.9 Å². The highest BCUT2D eigenvalue weighted by Crippen LogP contribution is 2.23. The number of aliphatic carboxylic acids is 1. The SMILES string of the molecule is CC(c1ccccc1)N1CC(=O)NCC1C(=O)O. The molecule has 0 aromatic heterocycles. The van der Waals surface area contributed by atoms with E-state index in [0.717, 1.165) is 5.56 Å². The van der Waals surface area contributed by atoms with Crippen LogP contribution >= 0.6 is 0 Å². The largest absolute Gasteiger partial charge is 0.480 e. The summed E-state index contributed by atoms with van der Waals surface area (Å²) in [5, 5.41) is 11.8. The highest BCUT2D eigenvalue weighted by atomic mass is 16.4. The number of hydrogen-bond donors (Lipinski definition) is 2. The van der Waals surface area contributed by atoms with E-state index in [1.165, 1.54) is 0 Å². The number of carbonyl (C=O) groups excluding carboxylic acids is 1. The molecule has 1 amide bonds. The van der Waals surface area contributed by atoms with Gasteiger partial charge in [0, 0.05) is 12.6 Å². The normalized spacial score (nSPS) is 22.3. The standard InChI is InChI=1S/C13H16N2O3/c1-9(10-5-3-2-4-6-10)15-8-12(16)14-7-11(15)13(17)18/h2-6,9,11H,7-8H2,1H3,(H,14,16)(H,17,18). The fraction of sp³-hybridized carbons (Fsp3) is 0.385. The van der Waals surface area contributed by atoms with Crippen LogP contribution in [0.2, 0.25) is 0 Å². The van der Waals surface area contributed by atoms with Gasteiger partial charge in [0.15, 0.2) is 0 Å². The van der Waals surface area contributed by atoms with E-state index in [0.29, 0.717) is 0 Å². The molecule has 1 aliphatic heterocycles. The third-order valence-electron chi connectivity index (χ3n) is 3.28. The molecule has 96 valence electrons. The van der Waals surface area contributed by atoms with Gasteiger partial charge in [0.05, 0.1) is 6.54 Å². The summed E-state index contributed by atoms with van der Waals surface area (Å²) in [5.74, 6) is -1.03. The molecule has 0 radical (unpaired) electrons.